The van der Waals surface area contributed by atoms with Crippen molar-refractivity contribution in [3.63, 3.8) is 0 Å². The van der Waals surface area contributed by atoms with Crippen LogP contribution in [0.25, 0.3) is 0 Å². The molecular formula is C13H18N2O3S. The molecule has 0 N–H and O–H groups in total. The third kappa shape index (κ3) is 2.58. The van der Waals surface area contributed by atoms with Crippen molar-refractivity contribution in [1.29, 1.82) is 0 Å². The number of amides is 1. The highest BCUT2D eigenvalue weighted by Crippen LogP contribution is 2.30. The SMILES string of the molecule is CCN(C)C(=O)c1ccc2c(c1)CCN2S(C)(=O)=O. The highest BCUT2D eigenvalue weighted by molar-refractivity contribution is 7.92. The van der Waals surface area contributed by atoms with Crippen LogP contribution < -0.4 is 4.31 Å². The van der Waals surface area contributed by atoms with Crippen LogP contribution in [0.3, 0.4) is 0 Å². The average Bonchev–Trinajstić information content (AvgIpc) is 2.79. The minimum absolute atomic E-state index is 0.0388. The Kier molecular flexibility index (Phi) is 3.54. The highest BCUT2D eigenvalue weighted by atomic mass is 32.2. The molecule has 0 radical (unpaired) electrons. The molecule has 1 aliphatic heterocycles. The van der Waals surface area contributed by atoms with E-state index in [1.54, 1.807) is 30.1 Å². The Labute approximate surface area is 113 Å². The number of nitrogens with zero attached hydrogens (tertiary/aromatic N) is 2. The third-order valence-corrected chi connectivity index (χ3v) is 4.58. The molecule has 1 aliphatic rings. The molecule has 6 heteroatoms. The molecule has 0 atom stereocenters. The topological polar surface area (TPSA) is 57.7 Å². The van der Waals surface area contributed by atoms with E-state index in [-0.39, 0.29) is 5.91 Å². The molecule has 0 fully saturated rings. The van der Waals surface area contributed by atoms with Crippen LogP contribution in [0.5, 0.6) is 0 Å². The molecule has 19 heavy (non-hydrogen) atoms. The fourth-order valence-corrected chi connectivity index (χ4v) is 3.17. The number of benzene rings is 1. The third-order valence-electron chi connectivity index (χ3n) is 3.40. The van der Waals surface area contributed by atoms with Gasteiger partial charge in [0.1, 0.15) is 0 Å². The van der Waals surface area contributed by atoms with Gasteiger partial charge < -0.3 is 4.90 Å². The molecule has 0 spiro atoms. The molecule has 1 amide bonds. The summed E-state index contributed by atoms with van der Waals surface area (Å²) in [5.74, 6) is -0.0388. The molecule has 5 nitrogen and oxygen atoms in total. The van der Waals surface area contributed by atoms with Crippen molar-refractivity contribution in [2.24, 2.45) is 0 Å². The number of fused-ring (bicyclic) bond motifs is 1. The second-order valence-electron chi connectivity index (χ2n) is 4.75. The lowest BCUT2D eigenvalue weighted by molar-refractivity contribution is 0.0802. The van der Waals surface area contributed by atoms with E-state index < -0.39 is 10.0 Å². The minimum atomic E-state index is -3.23. The smallest absolute Gasteiger partial charge is 0.253 e. The first kappa shape index (κ1) is 13.9. The van der Waals surface area contributed by atoms with E-state index >= 15 is 0 Å². The van der Waals surface area contributed by atoms with Crippen LogP contribution in [0.1, 0.15) is 22.8 Å². The maximum absolute atomic E-state index is 12.0. The maximum Gasteiger partial charge on any atom is 0.253 e. The lowest BCUT2D eigenvalue weighted by Crippen LogP contribution is -2.27. The first-order valence-corrected chi connectivity index (χ1v) is 8.05. The van der Waals surface area contributed by atoms with Gasteiger partial charge in [-0.15, -0.1) is 0 Å². The average molecular weight is 282 g/mol. The maximum atomic E-state index is 12.0. The number of carbonyl (C=O) groups is 1. The van der Waals surface area contributed by atoms with Gasteiger partial charge in [0, 0.05) is 25.7 Å². The largest absolute Gasteiger partial charge is 0.342 e. The second-order valence-corrected chi connectivity index (χ2v) is 6.65. The first-order chi connectivity index (χ1) is 8.84. The molecule has 0 aliphatic carbocycles. The van der Waals surface area contributed by atoms with Gasteiger partial charge in [-0.1, -0.05) is 0 Å². The Morgan fingerprint density at radius 1 is 1.42 bits per heavy atom. The van der Waals surface area contributed by atoms with Crippen molar-refractivity contribution in [2.45, 2.75) is 13.3 Å². The Hall–Kier alpha value is -1.56. The predicted molar refractivity (Wildman–Crippen MR) is 75.0 cm³/mol. The van der Waals surface area contributed by atoms with E-state index in [1.807, 2.05) is 6.92 Å². The molecular weight excluding hydrogens is 264 g/mol. The van der Waals surface area contributed by atoms with Gasteiger partial charge in [0.2, 0.25) is 10.0 Å². The zero-order valence-corrected chi connectivity index (χ0v) is 12.2. The van der Waals surface area contributed by atoms with Crippen molar-refractivity contribution >= 4 is 21.6 Å². The monoisotopic (exact) mass is 282 g/mol. The van der Waals surface area contributed by atoms with Crippen molar-refractivity contribution in [2.75, 3.05) is 30.7 Å². The first-order valence-electron chi connectivity index (χ1n) is 6.20. The van der Waals surface area contributed by atoms with Crippen LogP contribution in [0.15, 0.2) is 18.2 Å². The predicted octanol–water partition coefficient (Wildman–Crippen LogP) is 1.10. The molecule has 0 saturated heterocycles. The Morgan fingerprint density at radius 2 is 2.11 bits per heavy atom. The van der Waals surface area contributed by atoms with E-state index in [0.717, 1.165) is 5.56 Å². The van der Waals surface area contributed by atoms with Crippen molar-refractivity contribution < 1.29 is 13.2 Å². The van der Waals surface area contributed by atoms with Gasteiger partial charge >= 0.3 is 0 Å². The fraction of sp³-hybridized carbons (Fsp3) is 0.462. The van der Waals surface area contributed by atoms with Gasteiger partial charge in [-0.05, 0) is 37.1 Å². The van der Waals surface area contributed by atoms with Crippen LogP contribution in [-0.4, -0.2) is 45.6 Å². The van der Waals surface area contributed by atoms with E-state index in [9.17, 15) is 13.2 Å². The zero-order valence-electron chi connectivity index (χ0n) is 11.4. The second kappa shape index (κ2) is 4.85. The van der Waals surface area contributed by atoms with Gasteiger partial charge in [-0.3, -0.25) is 9.10 Å². The van der Waals surface area contributed by atoms with E-state index in [1.165, 1.54) is 10.6 Å². The van der Waals surface area contributed by atoms with Gasteiger partial charge in [0.25, 0.3) is 5.91 Å². The summed E-state index contributed by atoms with van der Waals surface area (Å²) in [5, 5.41) is 0. The number of rotatable bonds is 3. The molecule has 0 aromatic heterocycles. The molecule has 0 bridgehead atoms. The summed E-state index contributed by atoms with van der Waals surface area (Å²) >= 11 is 0. The molecule has 2 rings (SSSR count). The lowest BCUT2D eigenvalue weighted by Gasteiger charge is -2.18. The van der Waals surface area contributed by atoms with Crippen LogP contribution in [-0.2, 0) is 16.4 Å². The van der Waals surface area contributed by atoms with E-state index in [0.29, 0.717) is 30.8 Å². The summed E-state index contributed by atoms with van der Waals surface area (Å²) in [6, 6.07) is 5.21. The molecule has 1 aromatic rings. The van der Waals surface area contributed by atoms with Gasteiger partial charge in [0.15, 0.2) is 0 Å². The van der Waals surface area contributed by atoms with Crippen LogP contribution in [0.4, 0.5) is 5.69 Å². The summed E-state index contributed by atoms with van der Waals surface area (Å²) in [7, 11) is -1.48. The zero-order chi connectivity index (χ0) is 14.2. The molecule has 0 unspecified atom stereocenters. The van der Waals surface area contributed by atoms with Gasteiger partial charge in [-0.2, -0.15) is 0 Å². The number of carbonyl (C=O) groups excluding carboxylic acids is 1. The summed E-state index contributed by atoms with van der Waals surface area (Å²) < 4.78 is 24.6. The number of hydrogen-bond acceptors (Lipinski definition) is 3. The normalized spacial score (nSPS) is 14.4. The number of hydrogen-bond donors (Lipinski definition) is 0. The Balaban J connectivity index is 2.35. The minimum Gasteiger partial charge on any atom is -0.342 e. The van der Waals surface area contributed by atoms with E-state index in [2.05, 4.69) is 0 Å². The van der Waals surface area contributed by atoms with Gasteiger partial charge in [-0.25, -0.2) is 8.42 Å². The molecule has 1 heterocycles. The Bertz CT molecular complexity index is 610. The standard InChI is InChI=1S/C13H18N2O3S/c1-4-14(2)13(16)11-5-6-12-10(9-11)7-8-15(12)19(3,17)18/h5-6,9H,4,7-8H2,1-3H3. The molecule has 1 aromatic carbocycles. The van der Waals surface area contributed by atoms with Crippen molar-refractivity contribution in [3.8, 4) is 0 Å². The van der Waals surface area contributed by atoms with Gasteiger partial charge in [0.05, 0.1) is 11.9 Å². The van der Waals surface area contributed by atoms with Crippen molar-refractivity contribution in [3.05, 3.63) is 29.3 Å². The quantitative estimate of drug-likeness (QED) is 0.834. The summed E-state index contributed by atoms with van der Waals surface area (Å²) in [6.45, 7) is 3.01. The van der Waals surface area contributed by atoms with E-state index in [4.69, 9.17) is 0 Å². The van der Waals surface area contributed by atoms with Crippen LogP contribution in [0, 0.1) is 0 Å². The summed E-state index contributed by atoms with van der Waals surface area (Å²) in [6.07, 6.45) is 1.85. The number of anilines is 1. The van der Waals surface area contributed by atoms with Crippen LogP contribution in [0.2, 0.25) is 0 Å². The highest BCUT2D eigenvalue weighted by Gasteiger charge is 2.26. The van der Waals surface area contributed by atoms with Crippen molar-refractivity contribution in [1.82, 2.24) is 4.90 Å². The molecule has 104 valence electrons. The lowest BCUT2D eigenvalue weighted by atomic mass is 10.1. The Morgan fingerprint density at radius 3 is 2.68 bits per heavy atom. The summed E-state index contributed by atoms with van der Waals surface area (Å²) in [5.41, 5.74) is 2.22. The summed E-state index contributed by atoms with van der Waals surface area (Å²) in [4.78, 5) is 13.7. The van der Waals surface area contributed by atoms with Crippen LogP contribution >= 0.6 is 0 Å². The fourth-order valence-electron chi connectivity index (χ4n) is 2.21. The molecule has 0 saturated carbocycles. The number of sulfonamides is 1.